The first-order chi connectivity index (χ1) is 7.77. The van der Waals surface area contributed by atoms with E-state index in [-0.39, 0.29) is 48.5 Å². The molecular formula is C12H13NaO4. The fraction of sp³-hybridized carbons (Fsp3) is 0.250. The standard InChI is InChI=1S/C12H14O4.Na/c1-2-15-12(14)11(8-13)16-9-10-6-4-3-5-7-10;/h3-8,13H,2,9H2,1H3;/q;+1/p-1/b11-8+;. The number of hydrogen-bond donors (Lipinski definition) is 0. The fourth-order valence-electron chi connectivity index (χ4n) is 1.08. The van der Waals surface area contributed by atoms with Crippen molar-refractivity contribution in [2.45, 2.75) is 13.5 Å². The second-order valence-electron chi connectivity index (χ2n) is 2.98. The van der Waals surface area contributed by atoms with E-state index < -0.39 is 5.97 Å². The molecule has 0 aliphatic heterocycles. The largest absolute Gasteiger partial charge is 1.00 e. The van der Waals surface area contributed by atoms with Crippen molar-refractivity contribution in [3.63, 3.8) is 0 Å². The normalized spacial score (nSPS) is 10.3. The van der Waals surface area contributed by atoms with Crippen LogP contribution in [-0.2, 0) is 20.9 Å². The number of carbonyl (C=O) groups excluding carboxylic acids is 1. The number of esters is 1. The molecule has 4 nitrogen and oxygen atoms in total. The third-order valence-electron chi connectivity index (χ3n) is 1.82. The van der Waals surface area contributed by atoms with Crippen LogP contribution in [0.3, 0.4) is 0 Å². The Hall–Kier alpha value is -0.970. The SMILES string of the molecule is CCOC(=O)/C(=C\[O-])OCc1ccccc1.[Na+]. The third kappa shape index (κ3) is 5.77. The molecule has 0 saturated carbocycles. The summed E-state index contributed by atoms with van der Waals surface area (Å²) in [6.07, 6.45) is 0.362. The van der Waals surface area contributed by atoms with Gasteiger partial charge in [0.05, 0.1) is 6.61 Å². The minimum atomic E-state index is -0.728. The monoisotopic (exact) mass is 244 g/mol. The molecule has 0 atom stereocenters. The fourth-order valence-corrected chi connectivity index (χ4v) is 1.08. The van der Waals surface area contributed by atoms with Gasteiger partial charge in [0.15, 0.2) is 5.76 Å². The van der Waals surface area contributed by atoms with Crippen molar-refractivity contribution in [3.8, 4) is 0 Å². The molecule has 17 heavy (non-hydrogen) atoms. The van der Waals surface area contributed by atoms with Crippen molar-refractivity contribution in [1.29, 1.82) is 0 Å². The van der Waals surface area contributed by atoms with E-state index in [1.165, 1.54) is 0 Å². The maximum Gasteiger partial charge on any atom is 1.00 e. The van der Waals surface area contributed by atoms with Crippen molar-refractivity contribution >= 4 is 5.97 Å². The van der Waals surface area contributed by atoms with Gasteiger partial charge in [0.1, 0.15) is 6.61 Å². The molecule has 0 bridgehead atoms. The summed E-state index contributed by atoms with van der Waals surface area (Å²) in [6, 6.07) is 9.26. The summed E-state index contributed by atoms with van der Waals surface area (Å²) >= 11 is 0. The zero-order valence-electron chi connectivity index (χ0n) is 10.0. The average Bonchev–Trinajstić information content (AvgIpc) is 2.31. The van der Waals surface area contributed by atoms with Gasteiger partial charge >= 0.3 is 35.5 Å². The summed E-state index contributed by atoms with van der Waals surface area (Å²) in [4.78, 5) is 11.2. The van der Waals surface area contributed by atoms with Crippen LogP contribution in [-0.4, -0.2) is 12.6 Å². The van der Waals surface area contributed by atoms with Crippen LogP contribution in [0.2, 0.25) is 0 Å². The van der Waals surface area contributed by atoms with Crippen molar-refractivity contribution in [2.24, 2.45) is 0 Å². The van der Waals surface area contributed by atoms with Gasteiger partial charge in [-0.25, -0.2) is 4.79 Å². The van der Waals surface area contributed by atoms with Gasteiger partial charge in [-0.1, -0.05) is 36.6 Å². The predicted octanol–water partition coefficient (Wildman–Crippen LogP) is -2.03. The van der Waals surface area contributed by atoms with E-state index in [2.05, 4.69) is 4.74 Å². The summed E-state index contributed by atoms with van der Waals surface area (Å²) in [7, 11) is 0. The molecule has 0 aliphatic rings. The van der Waals surface area contributed by atoms with Gasteiger partial charge in [-0.05, 0) is 12.5 Å². The molecule has 5 heteroatoms. The Morgan fingerprint density at radius 2 is 1.94 bits per heavy atom. The Morgan fingerprint density at radius 1 is 1.29 bits per heavy atom. The molecule has 0 radical (unpaired) electrons. The molecular weight excluding hydrogens is 231 g/mol. The maximum atomic E-state index is 11.2. The van der Waals surface area contributed by atoms with Crippen molar-refractivity contribution < 1.29 is 48.9 Å². The van der Waals surface area contributed by atoms with E-state index in [4.69, 9.17) is 4.74 Å². The molecule has 0 saturated heterocycles. The smallest absolute Gasteiger partial charge is 0.875 e. The Balaban J connectivity index is 0.00000256. The molecule has 0 fully saturated rings. The molecule has 1 rings (SSSR count). The number of ether oxygens (including phenoxy) is 2. The van der Waals surface area contributed by atoms with Crippen LogP contribution in [0.25, 0.3) is 0 Å². The minimum absolute atomic E-state index is 0. The summed E-state index contributed by atoms with van der Waals surface area (Å²) in [5, 5.41) is 10.6. The molecule has 0 unspecified atom stereocenters. The molecule has 0 spiro atoms. The zero-order chi connectivity index (χ0) is 11.8. The second-order valence-corrected chi connectivity index (χ2v) is 2.98. The molecule has 1 aromatic carbocycles. The van der Waals surface area contributed by atoms with Gasteiger partial charge in [0, 0.05) is 0 Å². The molecule has 0 aromatic heterocycles. The van der Waals surface area contributed by atoms with E-state index in [0.717, 1.165) is 5.56 Å². The quantitative estimate of drug-likeness (QED) is 0.259. The third-order valence-corrected chi connectivity index (χ3v) is 1.82. The average molecular weight is 244 g/mol. The predicted molar refractivity (Wildman–Crippen MR) is 55.9 cm³/mol. The van der Waals surface area contributed by atoms with Crippen LogP contribution in [0, 0.1) is 0 Å². The second kappa shape index (κ2) is 9.10. The van der Waals surface area contributed by atoms with E-state index in [1.807, 2.05) is 30.3 Å². The zero-order valence-corrected chi connectivity index (χ0v) is 12.0. The first kappa shape index (κ1) is 16.0. The van der Waals surface area contributed by atoms with Gasteiger partial charge in [0.25, 0.3) is 0 Å². The Morgan fingerprint density at radius 3 is 2.47 bits per heavy atom. The Bertz CT molecular complexity index is 362. The summed E-state index contributed by atoms with van der Waals surface area (Å²) in [6.45, 7) is 2.05. The van der Waals surface area contributed by atoms with Crippen LogP contribution in [0.4, 0.5) is 0 Å². The van der Waals surface area contributed by atoms with Gasteiger partial charge < -0.3 is 14.6 Å². The van der Waals surface area contributed by atoms with Crippen LogP contribution in [0.5, 0.6) is 0 Å². The van der Waals surface area contributed by atoms with Gasteiger partial charge in [-0.3, -0.25) is 0 Å². The first-order valence-corrected chi connectivity index (χ1v) is 4.94. The number of rotatable bonds is 5. The summed E-state index contributed by atoms with van der Waals surface area (Å²) in [5.41, 5.74) is 0.881. The van der Waals surface area contributed by atoms with E-state index >= 15 is 0 Å². The molecule has 0 heterocycles. The number of benzene rings is 1. The van der Waals surface area contributed by atoms with Crippen molar-refractivity contribution in [2.75, 3.05) is 6.61 Å². The molecule has 0 N–H and O–H groups in total. The van der Waals surface area contributed by atoms with E-state index in [9.17, 15) is 9.90 Å². The van der Waals surface area contributed by atoms with Gasteiger partial charge in [-0.15, -0.1) is 0 Å². The van der Waals surface area contributed by atoms with Crippen molar-refractivity contribution in [3.05, 3.63) is 47.9 Å². The summed E-state index contributed by atoms with van der Waals surface area (Å²) < 4.78 is 9.72. The minimum Gasteiger partial charge on any atom is -0.875 e. The molecule has 1 aromatic rings. The molecule has 0 amide bonds. The van der Waals surface area contributed by atoms with E-state index in [0.29, 0.717) is 6.26 Å². The van der Waals surface area contributed by atoms with E-state index in [1.54, 1.807) is 6.92 Å². The Labute approximate surface area is 123 Å². The van der Waals surface area contributed by atoms with Gasteiger partial charge in [-0.2, -0.15) is 0 Å². The molecule has 86 valence electrons. The van der Waals surface area contributed by atoms with Crippen LogP contribution < -0.4 is 34.7 Å². The van der Waals surface area contributed by atoms with Crippen LogP contribution in [0.15, 0.2) is 42.4 Å². The number of hydrogen-bond acceptors (Lipinski definition) is 4. The molecule has 0 aliphatic carbocycles. The van der Waals surface area contributed by atoms with Crippen LogP contribution >= 0.6 is 0 Å². The van der Waals surface area contributed by atoms with Crippen LogP contribution in [0.1, 0.15) is 12.5 Å². The number of carbonyl (C=O) groups is 1. The van der Waals surface area contributed by atoms with Crippen molar-refractivity contribution in [1.82, 2.24) is 0 Å². The topological polar surface area (TPSA) is 58.6 Å². The Kier molecular flexibility index (Phi) is 8.58. The first-order valence-electron chi connectivity index (χ1n) is 4.94. The summed E-state index contributed by atoms with van der Waals surface area (Å²) in [5.74, 6) is -1.03. The maximum absolute atomic E-state index is 11.2. The van der Waals surface area contributed by atoms with Gasteiger partial charge in [0.2, 0.25) is 0 Å².